The van der Waals surface area contributed by atoms with Crippen molar-refractivity contribution in [2.24, 2.45) is 0 Å². The van der Waals surface area contributed by atoms with Crippen molar-refractivity contribution < 1.29 is 0 Å². The first-order chi connectivity index (χ1) is 22.5. The minimum absolute atomic E-state index is 1.13. The van der Waals surface area contributed by atoms with Crippen LogP contribution in [0.15, 0.2) is 24.3 Å². The number of hydrogen-bond donors (Lipinski definition) is 0. The van der Waals surface area contributed by atoms with Gasteiger partial charge in [0.1, 0.15) is 0 Å². The maximum atomic E-state index is 5.20. The van der Waals surface area contributed by atoms with Crippen LogP contribution in [0.2, 0.25) is 0 Å². The summed E-state index contributed by atoms with van der Waals surface area (Å²) in [5.74, 6) is 0. The number of fused-ring (bicyclic) bond motifs is 1. The van der Waals surface area contributed by atoms with Gasteiger partial charge in [0.2, 0.25) is 0 Å². The number of rotatable bonds is 21. The Balaban J connectivity index is 1.32. The lowest BCUT2D eigenvalue weighted by atomic mass is 10.0. The quantitative estimate of drug-likeness (QED) is 0.0691. The molecule has 0 aliphatic rings. The lowest BCUT2D eigenvalue weighted by Crippen LogP contribution is -1.87. The second-order valence-corrected chi connectivity index (χ2v) is 18.9. The molecule has 0 bridgehead atoms. The molecule has 0 N–H and O–H groups in total. The van der Waals surface area contributed by atoms with Gasteiger partial charge < -0.3 is 0 Å². The van der Waals surface area contributed by atoms with E-state index in [1.165, 1.54) is 169 Å². The number of nitrogens with zero attached hydrogens (tertiary/aromatic N) is 1. The summed E-state index contributed by atoms with van der Waals surface area (Å²) in [5, 5.41) is 1.34. The summed E-state index contributed by atoms with van der Waals surface area (Å²) in [7, 11) is 0. The molecule has 0 aliphatic carbocycles. The van der Waals surface area contributed by atoms with Gasteiger partial charge in [-0.1, -0.05) is 104 Å². The van der Waals surface area contributed by atoms with Gasteiger partial charge in [-0.3, -0.25) is 0 Å². The van der Waals surface area contributed by atoms with Crippen molar-refractivity contribution in [1.82, 2.24) is 4.98 Å². The van der Waals surface area contributed by atoms with E-state index in [2.05, 4.69) is 58.9 Å². The Morgan fingerprint density at radius 2 is 1.07 bits per heavy atom. The highest BCUT2D eigenvalue weighted by Gasteiger charge is 2.21. The van der Waals surface area contributed by atoms with E-state index in [-0.39, 0.29) is 0 Å². The lowest BCUT2D eigenvalue weighted by molar-refractivity contribution is 0.556. The minimum atomic E-state index is 1.13. The van der Waals surface area contributed by atoms with Crippen LogP contribution in [0.5, 0.6) is 0 Å². The van der Waals surface area contributed by atoms with Gasteiger partial charge in [0, 0.05) is 34.1 Å². The monoisotopic (exact) mass is 709 g/mol. The molecule has 5 aromatic heterocycles. The van der Waals surface area contributed by atoms with Crippen molar-refractivity contribution in [2.45, 2.75) is 150 Å². The highest BCUT2D eigenvalue weighted by Crippen LogP contribution is 2.49. The first kappa shape index (κ1) is 36.0. The minimum Gasteiger partial charge on any atom is -0.240 e. The molecule has 5 heterocycles. The summed E-state index contributed by atoms with van der Waals surface area (Å²) < 4.78 is 1.44. The summed E-state index contributed by atoms with van der Waals surface area (Å²) in [5.41, 5.74) is 4.24. The van der Waals surface area contributed by atoms with Gasteiger partial charge in [0.25, 0.3) is 0 Å². The summed E-state index contributed by atoms with van der Waals surface area (Å²) in [6.07, 6.45) is 24.2. The van der Waals surface area contributed by atoms with Gasteiger partial charge in [-0.2, -0.15) is 0 Å². The number of hydrogen-bond acceptors (Lipinski definition) is 6. The number of thiazole rings is 1. The zero-order valence-corrected chi connectivity index (χ0v) is 33.1. The van der Waals surface area contributed by atoms with Crippen molar-refractivity contribution in [3.05, 3.63) is 50.2 Å². The number of aromatic nitrogens is 1. The molecule has 0 saturated heterocycles. The van der Waals surface area contributed by atoms with E-state index in [0.29, 0.717) is 0 Å². The zero-order chi connectivity index (χ0) is 32.3. The standard InChI is InChI=1S/C40H55NS5/c1-6-8-10-12-14-15-16-17-18-20-22-31-27-35(33-25-24-32(44-33)34-26-28(3)29(4)42-34)45-38(31)40-39-37(30(5)43-40)41-36(46-39)23-21-19-13-11-9-7-2/h24-27H,6-23H2,1-5H3. The van der Waals surface area contributed by atoms with E-state index in [9.17, 15) is 0 Å². The number of aryl methyl sites for hydroxylation is 5. The third kappa shape index (κ3) is 9.65. The van der Waals surface area contributed by atoms with Gasteiger partial charge in [-0.05, 0) is 81.8 Å². The Morgan fingerprint density at radius 1 is 0.500 bits per heavy atom. The van der Waals surface area contributed by atoms with Gasteiger partial charge in [0.15, 0.2) is 0 Å². The van der Waals surface area contributed by atoms with E-state index >= 15 is 0 Å². The molecule has 0 spiro atoms. The smallest absolute Gasteiger partial charge is 0.0958 e. The summed E-state index contributed by atoms with van der Waals surface area (Å²) in [4.78, 5) is 16.7. The average molecular weight is 710 g/mol. The van der Waals surface area contributed by atoms with Crippen LogP contribution >= 0.6 is 56.7 Å². The van der Waals surface area contributed by atoms with Gasteiger partial charge in [-0.15, -0.1) is 56.7 Å². The maximum Gasteiger partial charge on any atom is 0.0958 e. The largest absolute Gasteiger partial charge is 0.240 e. The Kier molecular flexibility index (Phi) is 14.4. The van der Waals surface area contributed by atoms with Gasteiger partial charge >= 0.3 is 0 Å². The second-order valence-electron chi connectivity index (χ2n) is 13.2. The van der Waals surface area contributed by atoms with Gasteiger partial charge in [-0.25, -0.2) is 4.98 Å². The molecule has 0 aromatic carbocycles. The summed E-state index contributed by atoms with van der Waals surface area (Å²) in [6, 6.07) is 9.62. The van der Waals surface area contributed by atoms with E-state index in [1.807, 2.05) is 56.7 Å². The predicted octanol–water partition coefficient (Wildman–Crippen LogP) is 15.8. The Labute approximate surface area is 299 Å². The van der Waals surface area contributed by atoms with Crippen molar-refractivity contribution in [3.8, 4) is 29.3 Å². The maximum absolute atomic E-state index is 5.20. The zero-order valence-electron chi connectivity index (χ0n) is 29.0. The fourth-order valence-corrected chi connectivity index (χ4v) is 12.4. The Morgan fingerprint density at radius 3 is 1.65 bits per heavy atom. The van der Waals surface area contributed by atoms with E-state index in [1.54, 1.807) is 5.56 Å². The first-order valence-corrected chi connectivity index (χ1v) is 22.3. The van der Waals surface area contributed by atoms with Crippen LogP contribution in [-0.4, -0.2) is 4.98 Å². The predicted molar refractivity (Wildman–Crippen MR) is 214 cm³/mol. The molecule has 5 rings (SSSR count). The van der Waals surface area contributed by atoms with Crippen LogP contribution in [0.4, 0.5) is 0 Å². The fourth-order valence-electron chi connectivity index (χ4n) is 6.35. The Hall–Kier alpha value is -1.31. The molecule has 250 valence electrons. The van der Waals surface area contributed by atoms with Crippen LogP contribution < -0.4 is 0 Å². The molecule has 1 nitrogen and oxygen atoms in total. The van der Waals surface area contributed by atoms with E-state index in [0.717, 1.165) is 6.42 Å². The SMILES string of the molecule is CCCCCCCCCCCCc1cc(-c2ccc(-c3cc(C)c(C)s3)s2)sc1-c1sc(C)c2nc(CCCCCCCC)sc12. The van der Waals surface area contributed by atoms with Crippen molar-refractivity contribution in [2.75, 3.05) is 0 Å². The summed E-state index contributed by atoms with van der Waals surface area (Å²) in [6.45, 7) is 11.4. The highest BCUT2D eigenvalue weighted by molar-refractivity contribution is 7.31. The molecule has 0 aliphatic heterocycles. The van der Waals surface area contributed by atoms with Gasteiger partial charge in [0.05, 0.1) is 20.1 Å². The fraction of sp³-hybridized carbons (Fsp3) is 0.575. The molecule has 0 saturated carbocycles. The number of thiophene rings is 4. The molecule has 6 heteroatoms. The van der Waals surface area contributed by atoms with Crippen LogP contribution in [-0.2, 0) is 12.8 Å². The topological polar surface area (TPSA) is 12.9 Å². The number of unbranched alkanes of at least 4 members (excludes halogenated alkanes) is 14. The molecule has 46 heavy (non-hydrogen) atoms. The third-order valence-electron chi connectivity index (χ3n) is 9.28. The van der Waals surface area contributed by atoms with Crippen molar-refractivity contribution in [1.29, 1.82) is 0 Å². The van der Waals surface area contributed by atoms with Crippen molar-refractivity contribution in [3.63, 3.8) is 0 Å². The molecule has 0 atom stereocenters. The van der Waals surface area contributed by atoms with Crippen LogP contribution in [0.3, 0.4) is 0 Å². The first-order valence-electron chi connectivity index (χ1n) is 18.2. The molecular formula is C40H55NS5. The van der Waals surface area contributed by atoms with Crippen LogP contribution in [0.25, 0.3) is 39.5 Å². The molecular weight excluding hydrogens is 655 g/mol. The highest BCUT2D eigenvalue weighted by atomic mass is 32.1. The third-order valence-corrected chi connectivity index (χ3v) is 15.6. The van der Waals surface area contributed by atoms with Crippen LogP contribution in [0.1, 0.15) is 142 Å². The molecule has 0 fully saturated rings. The molecule has 5 aromatic rings. The second kappa shape index (κ2) is 18.5. The average Bonchev–Trinajstić information content (AvgIpc) is 3.87. The molecule has 0 amide bonds. The lowest BCUT2D eigenvalue weighted by Gasteiger charge is -2.04. The van der Waals surface area contributed by atoms with Crippen molar-refractivity contribution >= 4 is 66.9 Å². The van der Waals surface area contributed by atoms with E-state index in [4.69, 9.17) is 4.98 Å². The van der Waals surface area contributed by atoms with Crippen LogP contribution in [0, 0.1) is 20.8 Å². The van der Waals surface area contributed by atoms with E-state index < -0.39 is 0 Å². The molecule has 0 radical (unpaired) electrons. The Bertz CT molecular complexity index is 1600. The molecule has 0 unspecified atom stereocenters. The summed E-state index contributed by atoms with van der Waals surface area (Å²) >= 11 is 9.90. The normalized spacial score (nSPS) is 11.8.